The van der Waals surface area contributed by atoms with Gasteiger partial charge in [-0.15, -0.1) is 12.4 Å². The van der Waals surface area contributed by atoms with Crippen molar-refractivity contribution >= 4 is 12.4 Å². The average molecular weight is 400 g/mol. The monoisotopic (exact) mass is 399 g/mol. The Morgan fingerprint density at radius 1 is 1.11 bits per heavy atom. The highest BCUT2D eigenvalue weighted by molar-refractivity contribution is 5.85. The number of aryl methyl sites for hydroxylation is 1. The van der Waals surface area contributed by atoms with E-state index in [4.69, 9.17) is 15.4 Å². The van der Waals surface area contributed by atoms with E-state index in [0.29, 0.717) is 11.7 Å². The third-order valence-electron chi connectivity index (χ3n) is 6.09. The van der Waals surface area contributed by atoms with Crippen molar-refractivity contribution in [3.05, 3.63) is 46.9 Å². The van der Waals surface area contributed by atoms with Gasteiger partial charge in [-0.3, -0.25) is 0 Å². The van der Waals surface area contributed by atoms with Crippen LogP contribution in [-0.2, 0) is 24.8 Å². The lowest BCUT2D eigenvalue weighted by molar-refractivity contribution is 0.372. The third kappa shape index (κ3) is 3.05. The summed E-state index contributed by atoms with van der Waals surface area (Å²) in [5.74, 6) is 1.13. The number of fused-ring (bicyclic) bond motifs is 1. The third-order valence-corrected chi connectivity index (χ3v) is 6.09. The highest BCUT2D eigenvalue weighted by atomic mass is 35.5. The van der Waals surface area contributed by atoms with Crippen LogP contribution in [0.4, 0.5) is 0 Å². The summed E-state index contributed by atoms with van der Waals surface area (Å²) in [4.78, 5) is 4.67. The van der Waals surface area contributed by atoms with Crippen LogP contribution in [0.25, 0.3) is 17.3 Å². The molecule has 0 atom stereocenters. The number of rotatable bonds is 4. The van der Waals surface area contributed by atoms with E-state index in [0.717, 1.165) is 62.7 Å². The molecule has 3 aromatic rings. The summed E-state index contributed by atoms with van der Waals surface area (Å²) in [7, 11) is 0. The van der Waals surface area contributed by atoms with Gasteiger partial charge in [-0.05, 0) is 56.2 Å². The fraction of sp³-hybridized carbons (Fsp3) is 0.476. The number of nitrogens with two attached hydrogens (primary N) is 1. The van der Waals surface area contributed by atoms with E-state index in [1.165, 1.54) is 16.8 Å². The van der Waals surface area contributed by atoms with Crippen molar-refractivity contribution in [2.75, 3.05) is 0 Å². The molecule has 2 aliphatic rings. The molecule has 2 aliphatic carbocycles. The summed E-state index contributed by atoms with van der Waals surface area (Å²) in [6.07, 6.45) is 8.28. The van der Waals surface area contributed by atoms with Crippen LogP contribution in [0.3, 0.4) is 0 Å². The van der Waals surface area contributed by atoms with E-state index >= 15 is 0 Å². The summed E-state index contributed by atoms with van der Waals surface area (Å²) in [5, 5.41) is 9.09. The molecule has 2 N–H and O–H groups in total. The molecule has 0 aliphatic heterocycles. The minimum Gasteiger partial charge on any atom is -0.332 e. The Hall–Kier alpha value is -2.18. The molecule has 28 heavy (non-hydrogen) atoms. The number of hydrogen-bond donors (Lipinski definition) is 1. The Morgan fingerprint density at radius 3 is 2.57 bits per heavy atom. The first kappa shape index (κ1) is 19.2. The molecule has 6 nitrogen and oxygen atoms in total. The molecule has 0 saturated heterocycles. The first-order valence-electron chi connectivity index (χ1n) is 10.0. The van der Waals surface area contributed by atoms with Crippen LogP contribution in [0, 0.1) is 0 Å². The summed E-state index contributed by atoms with van der Waals surface area (Å²) < 4.78 is 7.67. The molecule has 0 bridgehead atoms. The molecule has 0 radical (unpaired) electrons. The first-order valence-corrected chi connectivity index (χ1v) is 10.0. The normalized spacial score (nSPS) is 17.5. The largest absolute Gasteiger partial charge is 0.332 e. The van der Waals surface area contributed by atoms with Crippen LogP contribution in [0.15, 0.2) is 28.8 Å². The van der Waals surface area contributed by atoms with Crippen LogP contribution >= 0.6 is 12.4 Å². The van der Waals surface area contributed by atoms with E-state index < -0.39 is 5.54 Å². The number of benzene rings is 1. The fourth-order valence-corrected chi connectivity index (χ4v) is 4.45. The number of hydrogen-bond acceptors (Lipinski definition) is 5. The van der Waals surface area contributed by atoms with Crippen molar-refractivity contribution in [3.63, 3.8) is 0 Å². The van der Waals surface area contributed by atoms with Gasteiger partial charge in [0.25, 0.3) is 5.89 Å². The number of nitrogens with zero attached hydrogens (tertiary/aromatic N) is 4. The van der Waals surface area contributed by atoms with Crippen LogP contribution in [0.1, 0.15) is 61.7 Å². The second kappa shape index (κ2) is 7.33. The van der Waals surface area contributed by atoms with Crippen LogP contribution in [-0.4, -0.2) is 19.9 Å². The van der Waals surface area contributed by atoms with Crippen molar-refractivity contribution in [1.29, 1.82) is 0 Å². The lowest BCUT2D eigenvalue weighted by Gasteiger charge is -2.17. The molecule has 1 saturated carbocycles. The average Bonchev–Trinajstić information content (AvgIpc) is 3.45. The zero-order valence-electron chi connectivity index (χ0n) is 16.1. The minimum absolute atomic E-state index is 0. The van der Waals surface area contributed by atoms with Crippen LogP contribution in [0.5, 0.6) is 0 Å². The van der Waals surface area contributed by atoms with E-state index in [1.54, 1.807) is 0 Å². The van der Waals surface area contributed by atoms with Gasteiger partial charge in [0.2, 0.25) is 0 Å². The molecular weight excluding hydrogens is 374 g/mol. The predicted molar refractivity (Wildman–Crippen MR) is 110 cm³/mol. The number of halogens is 1. The van der Waals surface area contributed by atoms with E-state index in [1.807, 2.05) is 0 Å². The standard InChI is InChI=1S/C21H25N5O.ClH/c1-2-14-8-10-15(11-9-14)26-17-7-5-6-16(17)18(24-26)19-23-20(25-27-19)21(22)12-3-4-13-21;/h8-11H,2-7,12-13,22H2,1H3;1H. The maximum Gasteiger partial charge on any atom is 0.278 e. The summed E-state index contributed by atoms with van der Waals surface area (Å²) >= 11 is 0. The van der Waals surface area contributed by atoms with Crippen molar-refractivity contribution < 1.29 is 4.52 Å². The van der Waals surface area contributed by atoms with Crippen molar-refractivity contribution in [1.82, 2.24) is 19.9 Å². The molecular formula is C21H26ClN5O. The summed E-state index contributed by atoms with van der Waals surface area (Å²) in [6.45, 7) is 2.17. The van der Waals surface area contributed by atoms with E-state index in [-0.39, 0.29) is 12.4 Å². The maximum absolute atomic E-state index is 6.50. The summed E-state index contributed by atoms with van der Waals surface area (Å²) in [5.41, 5.74) is 11.8. The van der Waals surface area contributed by atoms with Gasteiger partial charge in [0, 0.05) is 11.3 Å². The van der Waals surface area contributed by atoms with Crippen LogP contribution < -0.4 is 5.73 Å². The fourth-order valence-electron chi connectivity index (χ4n) is 4.45. The predicted octanol–water partition coefficient (Wildman–Crippen LogP) is 4.12. The Kier molecular flexibility index (Phi) is 5.02. The Labute approximate surface area is 170 Å². The molecule has 1 aromatic carbocycles. The van der Waals surface area contributed by atoms with Gasteiger partial charge in [0.05, 0.1) is 11.2 Å². The molecule has 7 heteroatoms. The molecule has 0 unspecified atom stereocenters. The van der Waals surface area contributed by atoms with Gasteiger partial charge in [-0.2, -0.15) is 10.1 Å². The summed E-state index contributed by atoms with van der Waals surface area (Å²) in [6, 6.07) is 8.62. The van der Waals surface area contributed by atoms with Gasteiger partial charge >= 0.3 is 0 Å². The molecule has 1 fully saturated rings. The van der Waals surface area contributed by atoms with Gasteiger partial charge in [0.15, 0.2) is 11.5 Å². The SMILES string of the molecule is CCc1ccc(-n2nc(-c3nc(C4(N)CCCC4)no3)c3c2CCC3)cc1.Cl. The van der Waals surface area contributed by atoms with Gasteiger partial charge in [-0.1, -0.05) is 37.1 Å². The lowest BCUT2D eigenvalue weighted by Crippen LogP contribution is -2.34. The zero-order chi connectivity index (χ0) is 18.4. The highest BCUT2D eigenvalue weighted by Crippen LogP contribution is 2.37. The topological polar surface area (TPSA) is 82.8 Å². The van der Waals surface area contributed by atoms with Gasteiger partial charge < -0.3 is 10.3 Å². The van der Waals surface area contributed by atoms with Crippen molar-refractivity contribution in [3.8, 4) is 17.3 Å². The first-order chi connectivity index (χ1) is 13.2. The smallest absolute Gasteiger partial charge is 0.278 e. The van der Waals surface area contributed by atoms with Crippen LogP contribution in [0.2, 0.25) is 0 Å². The second-order valence-corrected chi connectivity index (χ2v) is 7.85. The van der Waals surface area contributed by atoms with Crippen molar-refractivity contribution in [2.24, 2.45) is 5.73 Å². The molecule has 0 spiro atoms. The molecule has 148 valence electrons. The number of aromatic nitrogens is 4. The lowest BCUT2D eigenvalue weighted by atomic mass is 9.99. The van der Waals surface area contributed by atoms with Crippen molar-refractivity contribution in [2.45, 2.75) is 63.8 Å². The second-order valence-electron chi connectivity index (χ2n) is 7.85. The molecule has 2 aromatic heterocycles. The van der Waals surface area contributed by atoms with Gasteiger partial charge in [0.1, 0.15) is 0 Å². The molecule has 5 rings (SSSR count). The highest BCUT2D eigenvalue weighted by Gasteiger charge is 2.37. The minimum atomic E-state index is -0.441. The Bertz CT molecular complexity index is 969. The maximum atomic E-state index is 6.50. The van der Waals surface area contributed by atoms with Gasteiger partial charge in [-0.25, -0.2) is 4.68 Å². The zero-order valence-corrected chi connectivity index (χ0v) is 17.0. The van der Waals surface area contributed by atoms with E-state index in [2.05, 4.69) is 46.0 Å². The molecule has 0 amide bonds. The Balaban J connectivity index is 0.00000192. The van der Waals surface area contributed by atoms with E-state index in [9.17, 15) is 0 Å². The molecule has 2 heterocycles. The Morgan fingerprint density at radius 2 is 1.86 bits per heavy atom. The quantitative estimate of drug-likeness (QED) is 0.713.